The summed E-state index contributed by atoms with van der Waals surface area (Å²) in [6.45, 7) is 8.93. The lowest BCUT2D eigenvalue weighted by Crippen LogP contribution is -2.56. The van der Waals surface area contributed by atoms with Gasteiger partial charge in [0.25, 0.3) is 0 Å². The van der Waals surface area contributed by atoms with Crippen LogP contribution in [-0.2, 0) is 17.9 Å². The number of rotatable bonds is 7. The molecule has 1 saturated heterocycles. The number of nitrogens with one attached hydrogen (secondary N) is 1. The predicted octanol–water partition coefficient (Wildman–Crippen LogP) is 4.15. The second-order valence-corrected chi connectivity index (χ2v) is 8.69. The van der Waals surface area contributed by atoms with Crippen molar-refractivity contribution >= 4 is 11.6 Å². The van der Waals surface area contributed by atoms with E-state index in [1.165, 1.54) is 22.4 Å². The number of carbonyl (C=O) groups is 1. The molecule has 0 spiro atoms. The number of aryl methyl sites for hydroxylation is 2. The lowest BCUT2D eigenvalue weighted by atomic mass is 10.1. The van der Waals surface area contributed by atoms with Crippen LogP contribution < -0.4 is 9.47 Å². The first-order valence-corrected chi connectivity index (χ1v) is 11.4. The molecule has 5 nitrogen and oxygen atoms in total. The fourth-order valence-corrected chi connectivity index (χ4v) is 4.17. The Morgan fingerprint density at radius 3 is 2.44 bits per heavy atom. The van der Waals surface area contributed by atoms with Crippen LogP contribution in [0, 0.1) is 13.8 Å². The van der Waals surface area contributed by atoms with Crippen molar-refractivity contribution in [1.29, 1.82) is 0 Å². The van der Waals surface area contributed by atoms with Crippen LogP contribution >= 0.6 is 0 Å². The van der Waals surface area contributed by atoms with Gasteiger partial charge in [-0.25, -0.2) is 9.55 Å². The van der Waals surface area contributed by atoms with Gasteiger partial charge in [-0.1, -0.05) is 66.6 Å². The van der Waals surface area contributed by atoms with Crippen molar-refractivity contribution in [2.75, 3.05) is 18.0 Å². The number of amides is 1. The molecule has 1 atom stereocenters. The number of allylic oxidation sites excluding steroid dienone is 1. The molecular weight excluding hydrogens is 396 g/mol. The average Bonchev–Trinajstić information content (AvgIpc) is 3.22. The Hall–Kier alpha value is -3.18. The lowest BCUT2D eigenvalue weighted by Gasteiger charge is -2.39. The topological polar surface area (TPSA) is 43.2 Å². The summed E-state index contributed by atoms with van der Waals surface area (Å²) in [5.41, 5.74) is 5.89. The number of anilines is 1. The van der Waals surface area contributed by atoms with Crippen LogP contribution in [0.2, 0.25) is 0 Å². The lowest BCUT2D eigenvalue weighted by molar-refractivity contribution is -0.695. The van der Waals surface area contributed by atoms with Crippen LogP contribution in [0.25, 0.3) is 0 Å². The van der Waals surface area contributed by atoms with E-state index in [1.807, 2.05) is 29.6 Å². The van der Waals surface area contributed by atoms with Crippen LogP contribution in [0.4, 0.5) is 5.69 Å². The van der Waals surface area contributed by atoms with E-state index in [1.54, 1.807) is 0 Å². The highest BCUT2D eigenvalue weighted by Crippen LogP contribution is 2.22. The molecule has 0 bridgehead atoms. The summed E-state index contributed by atoms with van der Waals surface area (Å²) in [5, 5.41) is 0. The highest BCUT2D eigenvalue weighted by atomic mass is 16.2. The third kappa shape index (κ3) is 5.17. The molecule has 1 aromatic heterocycles. The van der Waals surface area contributed by atoms with Gasteiger partial charge in [-0.2, -0.15) is 0 Å². The summed E-state index contributed by atoms with van der Waals surface area (Å²) in [4.78, 5) is 20.6. The number of nitrogens with zero attached hydrogens (tertiary/aromatic N) is 3. The van der Waals surface area contributed by atoms with Crippen molar-refractivity contribution < 1.29 is 9.36 Å². The molecule has 0 radical (unpaired) electrons. The minimum atomic E-state index is 0.149. The van der Waals surface area contributed by atoms with E-state index in [2.05, 4.69) is 83.8 Å². The average molecular weight is 430 g/mol. The van der Waals surface area contributed by atoms with Crippen LogP contribution in [-0.4, -0.2) is 34.9 Å². The molecule has 1 aliphatic heterocycles. The molecule has 32 heavy (non-hydrogen) atoms. The maximum atomic E-state index is 13.1. The van der Waals surface area contributed by atoms with Gasteiger partial charge < -0.3 is 4.90 Å². The van der Waals surface area contributed by atoms with Gasteiger partial charge in [-0.3, -0.25) is 9.69 Å². The van der Waals surface area contributed by atoms with Gasteiger partial charge in [-0.05, 0) is 38.0 Å². The third-order valence-electron chi connectivity index (χ3n) is 6.11. The summed E-state index contributed by atoms with van der Waals surface area (Å²) in [6, 6.07) is 17.1. The zero-order chi connectivity index (χ0) is 22.5. The first-order valence-electron chi connectivity index (χ1n) is 11.4. The highest BCUT2D eigenvalue weighted by Gasteiger charge is 2.32. The first kappa shape index (κ1) is 22.0. The number of carbonyl (C=O) groups excluding carboxylic acids is 1. The number of imidazole rings is 1. The van der Waals surface area contributed by atoms with Crippen LogP contribution in [0.3, 0.4) is 0 Å². The minimum Gasteiger partial charge on any atom is -0.309 e. The summed E-state index contributed by atoms with van der Waals surface area (Å²) in [6.07, 6.45) is 9.51. The van der Waals surface area contributed by atoms with E-state index in [-0.39, 0.29) is 11.9 Å². The number of benzene rings is 2. The van der Waals surface area contributed by atoms with Crippen molar-refractivity contribution in [2.45, 2.75) is 46.3 Å². The Kier molecular flexibility index (Phi) is 6.86. The fraction of sp³-hybridized carbons (Fsp3) is 0.333. The Balaban J connectivity index is 1.52. The summed E-state index contributed by atoms with van der Waals surface area (Å²) >= 11 is 0. The molecule has 2 heterocycles. The molecule has 2 aromatic carbocycles. The molecule has 166 valence electrons. The number of hydrogen-bond acceptors (Lipinski definition) is 2. The van der Waals surface area contributed by atoms with E-state index in [0.29, 0.717) is 13.1 Å². The molecule has 0 aliphatic carbocycles. The smallest absolute Gasteiger partial charge is 0.242 e. The van der Waals surface area contributed by atoms with E-state index >= 15 is 0 Å². The normalized spacial score (nSPS) is 17.4. The Labute approximate surface area is 191 Å². The van der Waals surface area contributed by atoms with Crippen LogP contribution in [0.5, 0.6) is 0 Å². The molecule has 1 fully saturated rings. The monoisotopic (exact) mass is 429 g/mol. The number of aromatic amines is 1. The van der Waals surface area contributed by atoms with E-state index in [0.717, 1.165) is 25.2 Å². The zero-order valence-electron chi connectivity index (χ0n) is 19.3. The van der Waals surface area contributed by atoms with Crippen LogP contribution in [0.15, 0.2) is 73.2 Å². The van der Waals surface area contributed by atoms with E-state index < -0.39 is 0 Å². The number of piperazine rings is 1. The van der Waals surface area contributed by atoms with Crippen molar-refractivity contribution in [3.63, 3.8) is 0 Å². The molecule has 5 heteroatoms. The molecule has 1 aliphatic rings. The quantitative estimate of drug-likeness (QED) is 0.453. The van der Waals surface area contributed by atoms with Crippen molar-refractivity contribution in [2.24, 2.45) is 0 Å². The molecule has 4 rings (SSSR count). The van der Waals surface area contributed by atoms with E-state index in [9.17, 15) is 4.79 Å². The van der Waals surface area contributed by atoms with Gasteiger partial charge >= 0.3 is 0 Å². The summed E-state index contributed by atoms with van der Waals surface area (Å²) < 4.78 is 2.24. The minimum absolute atomic E-state index is 0.149. The predicted molar refractivity (Wildman–Crippen MR) is 128 cm³/mol. The van der Waals surface area contributed by atoms with Crippen molar-refractivity contribution in [1.82, 2.24) is 9.88 Å². The van der Waals surface area contributed by atoms with Gasteiger partial charge in [0.15, 0.2) is 5.69 Å². The number of aromatic nitrogens is 2. The molecule has 1 N–H and O–H groups in total. The Morgan fingerprint density at radius 1 is 1.06 bits per heavy atom. The third-order valence-corrected chi connectivity index (χ3v) is 6.11. The molecular formula is C27H33N4O+. The number of H-pyrrole nitrogens is 1. The summed E-state index contributed by atoms with van der Waals surface area (Å²) in [7, 11) is 0. The van der Waals surface area contributed by atoms with Gasteiger partial charge in [0, 0.05) is 18.3 Å². The van der Waals surface area contributed by atoms with Crippen molar-refractivity contribution in [3.05, 3.63) is 95.6 Å². The van der Waals surface area contributed by atoms with Crippen LogP contribution in [0.1, 0.15) is 35.7 Å². The van der Waals surface area contributed by atoms with E-state index in [4.69, 9.17) is 0 Å². The van der Waals surface area contributed by atoms with Gasteiger partial charge in [0.05, 0.1) is 13.1 Å². The largest absolute Gasteiger partial charge is 0.309 e. The second-order valence-electron chi connectivity index (χ2n) is 8.69. The highest BCUT2D eigenvalue weighted by molar-refractivity contribution is 5.95. The number of hydrogen-bond donors (Lipinski definition) is 1. The van der Waals surface area contributed by atoms with Gasteiger partial charge in [0.1, 0.15) is 12.7 Å². The molecule has 1 amide bonds. The SMILES string of the molecule is CC/C=C/C1CN(c2ccc(C)cc2)C(=O)CN1Cc1c[nH]c[n+]1Cc1ccc(C)cc1. The maximum absolute atomic E-state index is 13.1. The van der Waals surface area contributed by atoms with Gasteiger partial charge in [-0.15, -0.1) is 0 Å². The molecule has 1 unspecified atom stereocenters. The maximum Gasteiger partial charge on any atom is 0.242 e. The first-order chi connectivity index (χ1) is 15.5. The second kappa shape index (κ2) is 9.96. The zero-order valence-corrected chi connectivity index (χ0v) is 19.3. The Bertz CT molecular complexity index is 1070. The molecule has 3 aromatic rings. The molecule has 0 saturated carbocycles. The fourth-order valence-electron chi connectivity index (χ4n) is 4.17. The summed E-state index contributed by atoms with van der Waals surface area (Å²) in [5.74, 6) is 0.149. The standard InChI is InChI=1S/C27H32N4O/c1-4-5-6-25-18-31(24-13-9-22(3)10-14-24)27(32)19-29(25)17-26-15-28-20-30(26)16-23-11-7-21(2)8-12-23/h5-15,20,25H,4,16-19H2,1-3H3/p+1/b6-5+. The van der Waals surface area contributed by atoms with Gasteiger partial charge in [0.2, 0.25) is 12.2 Å². The Morgan fingerprint density at radius 2 is 1.75 bits per heavy atom. The van der Waals surface area contributed by atoms with Crippen molar-refractivity contribution in [3.8, 4) is 0 Å².